The van der Waals surface area contributed by atoms with Crippen LogP contribution in [0.25, 0.3) is 10.9 Å². The number of aromatic nitrogens is 4. The van der Waals surface area contributed by atoms with Gasteiger partial charge in [-0.3, -0.25) is 24.0 Å². The highest BCUT2D eigenvalue weighted by atomic mass is 35.5. The van der Waals surface area contributed by atoms with Crippen molar-refractivity contribution in [2.75, 3.05) is 43.1 Å². The maximum atomic E-state index is 15.8. The van der Waals surface area contributed by atoms with Gasteiger partial charge in [0.25, 0.3) is 11.7 Å². The van der Waals surface area contributed by atoms with Crippen molar-refractivity contribution in [1.29, 1.82) is 0 Å². The van der Waals surface area contributed by atoms with Gasteiger partial charge in [-0.25, -0.2) is 9.18 Å². The first kappa shape index (κ1) is 30.8. The first-order chi connectivity index (χ1) is 22.5. The average molecular weight is 664 g/mol. The smallest absolute Gasteiger partial charge is 0.341 e. The molecule has 15 heteroatoms. The molecular formula is C32H31ClFN7O6. The number of ether oxygens (including phenoxy) is 1. The Morgan fingerprint density at radius 2 is 1.91 bits per heavy atom. The Morgan fingerprint density at radius 1 is 1.13 bits per heavy atom. The summed E-state index contributed by atoms with van der Waals surface area (Å²) >= 11 is 6.01. The van der Waals surface area contributed by atoms with Crippen molar-refractivity contribution in [3.05, 3.63) is 74.5 Å². The first-order valence-electron chi connectivity index (χ1n) is 15.3. The lowest BCUT2D eigenvalue weighted by atomic mass is 10.1. The van der Waals surface area contributed by atoms with E-state index in [9.17, 15) is 24.3 Å². The van der Waals surface area contributed by atoms with E-state index in [0.29, 0.717) is 54.5 Å². The summed E-state index contributed by atoms with van der Waals surface area (Å²) in [6, 6.07) is 5.93. The summed E-state index contributed by atoms with van der Waals surface area (Å²) in [7, 11) is 1.43. The Balaban J connectivity index is 1.06. The van der Waals surface area contributed by atoms with E-state index in [0.717, 1.165) is 24.6 Å². The van der Waals surface area contributed by atoms with Crippen LogP contribution in [-0.2, 0) is 17.9 Å². The molecule has 0 spiro atoms. The number of fused-ring (bicyclic) bond motifs is 2. The molecule has 1 amide bonds. The number of halogens is 2. The van der Waals surface area contributed by atoms with Crippen LogP contribution in [0.3, 0.4) is 0 Å². The molecule has 7 rings (SSSR count). The number of hydrogen-bond donors (Lipinski definition) is 1. The number of carbonyl (C=O) groups is 3. The van der Waals surface area contributed by atoms with Crippen molar-refractivity contribution < 1.29 is 28.6 Å². The van der Waals surface area contributed by atoms with Crippen LogP contribution in [0.2, 0.25) is 5.02 Å². The van der Waals surface area contributed by atoms with Crippen molar-refractivity contribution in [3.8, 4) is 5.75 Å². The number of Topliss-reactive ketones (excluding diaryl/α,β-unsaturated/α-hetero) is 1. The van der Waals surface area contributed by atoms with Crippen molar-refractivity contribution in [2.24, 2.45) is 0 Å². The van der Waals surface area contributed by atoms with Crippen molar-refractivity contribution >= 4 is 51.5 Å². The summed E-state index contributed by atoms with van der Waals surface area (Å²) in [6.45, 7) is 4.59. The number of carboxylic acid groups (broad SMARTS) is 1. The molecule has 2 fully saturated rings. The van der Waals surface area contributed by atoms with Crippen LogP contribution in [0, 0.1) is 5.82 Å². The predicted molar refractivity (Wildman–Crippen MR) is 170 cm³/mol. The lowest BCUT2D eigenvalue weighted by Gasteiger charge is -2.41. The minimum Gasteiger partial charge on any atom is -0.492 e. The molecule has 1 unspecified atom stereocenters. The number of ketones is 1. The number of rotatable bonds is 9. The molecule has 2 aliphatic heterocycles. The molecule has 4 aromatic rings. The third kappa shape index (κ3) is 5.40. The highest BCUT2D eigenvalue weighted by molar-refractivity contribution is 6.52. The van der Waals surface area contributed by atoms with Crippen LogP contribution in [0.15, 0.2) is 41.5 Å². The number of aromatic carboxylic acids is 1. The lowest BCUT2D eigenvalue weighted by molar-refractivity contribution is -0.114. The number of hydrogen-bond acceptors (Lipinski definition) is 9. The lowest BCUT2D eigenvalue weighted by Crippen LogP contribution is -2.51. The van der Waals surface area contributed by atoms with Crippen LogP contribution in [-0.4, -0.2) is 86.6 Å². The van der Waals surface area contributed by atoms with Gasteiger partial charge < -0.3 is 24.2 Å². The Kier molecular flexibility index (Phi) is 7.71. The Hall–Kier alpha value is -4.82. The van der Waals surface area contributed by atoms with Crippen molar-refractivity contribution in [1.82, 2.24) is 24.5 Å². The van der Waals surface area contributed by atoms with Gasteiger partial charge in [-0.2, -0.15) is 0 Å². The van der Waals surface area contributed by atoms with E-state index in [2.05, 4.69) is 15.2 Å². The molecule has 3 aliphatic rings. The molecule has 1 atom stereocenters. The molecule has 0 radical (unpaired) electrons. The van der Waals surface area contributed by atoms with Gasteiger partial charge in [0.1, 0.15) is 11.3 Å². The molecule has 13 nitrogen and oxygen atoms in total. The number of amides is 1. The number of nitrogens with zero attached hydrogens (tertiary/aromatic N) is 7. The fourth-order valence-corrected chi connectivity index (χ4v) is 6.75. The van der Waals surface area contributed by atoms with Gasteiger partial charge in [0, 0.05) is 62.2 Å². The Bertz CT molecular complexity index is 2030. The van der Waals surface area contributed by atoms with Gasteiger partial charge in [-0.1, -0.05) is 16.8 Å². The van der Waals surface area contributed by atoms with Crippen molar-refractivity contribution in [2.45, 2.75) is 44.9 Å². The number of pyridine rings is 1. The molecule has 244 valence electrons. The van der Waals surface area contributed by atoms with Gasteiger partial charge in [-0.05, 0) is 44.0 Å². The summed E-state index contributed by atoms with van der Waals surface area (Å²) in [5, 5.41) is 18.5. The average Bonchev–Trinajstić information content (AvgIpc) is 3.75. The number of methoxy groups -OCH3 is 1. The zero-order chi connectivity index (χ0) is 33.1. The summed E-state index contributed by atoms with van der Waals surface area (Å²) < 4.78 is 24.9. The van der Waals surface area contributed by atoms with E-state index in [1.165, 1.54) is 24.3 Å². The van der Waals surface area contributed by atoms with Gasteiger partial charge >= 0.3 is 5.97 Å². The molecule has 0 bridgehead atoms. The first-order valence-corrected chi connectivity index (χ1v) is 15.7. The normalized spacial score (nSPS) is 18.3. The van der Waals surface area contributed by atoms with Gasteiger partial charge in [-0.15, -0.1) is 5.10 Å². The number of benzene rings is 2. The second kappa shape index (κ2) is 11.8. The number of anilines is 2. The molecule has 2 aromatic heterocycles. The van der Waals surface area contributed by atoms with E-state index in [-0.39, 0.29) is 35.5 Å². The number of carbonyl (C=O) groups excluding carboxylic acids is 2. The summed E-state index contributed by atoms with van der Waals surface area (Å²) in [4.78, 5) is 55.3. The summed E-state index contributed by atoms with van der Waals surface area (Å²) in [5.74, 6) is -2.97. The summed E-state index contributed by atoms with van der Waals surface area (Å²) in [5.41, 5.74) is 1.05. The van der Waals surface area contributed by atoms with Crippen LogP contribution >= 0.6 is 11.6 Å². The predicted octanol–water partition coefficient (Wildman–Crippen LogP) is 3.37. The van der Waals surface area contributed by atoms with E-state index in [1.54, 1.807) is 27.6 Å². The topological polar surface area (TPSA) is 143 Å². The van der Waals surface area contributed by atoms with Gasteiger partial charge in [0.2, 0.25) is 5.43 Å². The molecule has 1 saturated heterocycles. The van der Waals surface area contributed by atoms with E-state index < -0.39 is 34.5 Å². The third-order valence-electron chi connectivity index (χ3n) is 9.09. The molecule has 47 heavy (non-hydrogen) atoms. The summed E-state index contributed by atoms with van der Waals surface area (Å²) in [6.07, 6.45) is 4.80. The molecule has 4 heterocycles. The van der Waals surface area contributed by atoms with E-state index in [4.69, 9.17) is 16.3 Å². The number of carboxylic acids is 1. The zero-order valence-electron chi connectivity index (χ0n) is 25.7. The van der Waals surface area contributed by atoms with Gasteiger partial charge in [0.15, 0.2) is 11.6 Å². The highest BCUT2D eigenvalue weighted by Gasteiger charge is 2.36. The minimum atomic E-state index is -1.35. The fraction of sp³-hybridized carbons (Fsp3) is 0.375. The molecule has 1 saturated carbocycles. The van der Waals surface area contributed by atoms with Crippen LogP contribution in [0.4, 0.5) is 15.8 Å². The second-order valence-electron chi connectivity index (χ2n) is 12.1. The van der Waals surface area contributed by atoms with Gasteiger partial charge in [0.05, 0.1) is 41.5 Å². The monoisotopic (exact) mass is 663 g/mol. The van der Waals surface area contributed by atoms with E-state index >= 15 is 4.39 Å². The Morgan fingerprint density at radius 3 is 2.62 bits per heavy atom. The maximum absolute atomic E-state index is 15.8. The molecule has 2 aromatic carbocycles. The SMILES string of the molecule is COc1c(N2CCN(Cc3cn(CCN4C(=O)C(=O)c5cc(Cl)ccc54)nn3)C(C)C2)c(F)cc2c(=O)c(C(=O)O)cn(C3CC3)c12. The molecular weight excluding hydrogens is 633 g/mol. The van der Waals surface area contributed by atoms with Crippen molar-refractivity contribution in [3.63, 3.8) is 0 Å². The van der Waals surface area contributed by atoms with E-state index in [1.807, 2.05) is 11.8 Å². The minimum absolute atomic E-state index is 0.0147. The largest absolute Gasteiger partial charge is 0.492 e. The quantitative estimate of drug-likeness (QED) is 0.265. The Labute approximate surface area is 272 Å². The fourth-order valence-electron chi connectivity index (χ4n) is 6.58. The van der Waals surface area contributed by atoms with Crippen LogP contribution in [0.1, 0.15) is 52.2 Å². The number of piperazine rings is 1. The molecule has 1 aliphatic carbocycles. The van der Waals surface area contributed by atoms with Crippen LogP contribution < -0.4 is 20.0 Å². The third-order valence-corrected chi connectivity index (χ3v) is 9.33. The van der Waals surface area contributed by atoms with Crippen LogP contribution in [0.5, 0.6) is 5.75 Å². The zero-order valence-corrected chi connectivity index (χ0v) is 26.4. The standard InChI is InChI=1S/C32H31ClFN7O6/c1-17-13-38(27-24(34)12-22-26(30(27)47-2)41(20-4-5-20)16-23(28(22)42)32(45)46)8-7-37(17)14-19-15-39(36-35-19)9-10-40-25-6-3-18(33)11-21(25)29(43)31(40)44/h3,6,11-12,15-17,20H,4-5,7-10,13-14H2,1-2H3,(H,45,46). The highest BCUT2D eigenvalue weighted by Crippen LogP contribution is 2.44. The maximum Gasteiger partial charge on any atom is 0.341 e. The second-order valence-corrected chi connectivity index (χ2v) is 12.6. The molecule has 1 N–H and O–H groups in total.